The summed E-state index contributed by atoms with van der Waals surface area (Å²) in [6.45, 7) is 6.65. The van der Waals surface area contributed by atoms with Gasteiger partial charge in [-0.3, -0.25) is 0 Å². The summed E-state index contributed by atoms with van der Waals surface area (Å²) in [5, 5.41) is 12.8. The number of hydrogen-bond acceptors (Lipinski definition) is 6. The zero-order valence-electron chi connectivity index (χ0n) is 22.0. The van der Waals surface area contributed by atoms with Gasteiger partial charge in [-0.2, -0.15) is 0 Å². The molecule has 4 bridgehead atoms. The van der Waals surface area contributed by atoms with Crippen molar-refractivity contribution in [2.24, 2.45) is 0 Å². The molecule has 0 saturated carbocycles. The minimum absolute atomic E-state index is 0. The largest absolute Gasteiger partial charge is 1.00 e. The SMILES string of the molecule is C/C=C\c1cc(-c2cnc3cc2O[C@@H](C)CCO[C-]=C(C=[N-])c2nccc(n2)N3)ccc1[I-]CC.[CH3-].[Li+]. The maximum absolute atomic E-state index is 9.57. The Bertz CT molecular complexity index is 1270. The van der Waals surface area contributed by atoms with Gasteiger partial charge in [-0.1, -0.05) is 0 Å². The van der Waals surface area contributed by atoms with Gasteiger partial charge in [0.1, 0.15) is 0 Å². The molecule has 2 aromatic heterocycles. The number of fused-ring (bicyclic) bond motifs is 4. The van der Waals surface area contributed by atoms with Gasteiger partial charge in [0, 0.05) is 0 Å². The van der Waals surface area contributed by atoms with Crippen LogP contribution in [0, 0.1) is 17.3 Å². The Balaban J connectivity index is 0.00000241. The normalized spacial score (nSPS) is 15.1. The number of halogens is 1. The van der Waals surface area contributed by atoms with E-state index < -0.39 is 0 Å². The van der Waals surface area contributed by atoms with E-state index in [9.17, 15) is 5.41 Å². The van der Waals surface area contributed by atoms with E-state index in [1.165, 1.54) is 13.6 Å². The molecule has 0 aliphatic carbocycles. The maximum Gasteiger partial charge on any atom is 1.00 e. The van der Waals surface area contributed by atoms with Crippen molar-refractivity contribution >= 4 is 29.5 Å². The fourth-order valence-corrected chi connectivity index (χ4v) is 5.58. The van der Waals surface area contributed by atoms with Crippen molar-refractivity contribution in [1.82, 2.24) is 15.0 Å². The van der Waals surface area contributed by atoms with E-state index in [-0.39, 0.29) is 59.2 Å². The standard InChI is InChI=1S/C27H27IN5O2.CH3.Li/c1-4-6-20-13-19(7-8-23(20)28-5-2)22-16-31-26-14-24(22)35-18(3)10-12-34-17-21(15-29)27-30-11-9-25(32-26)33-27;;/h4,6-9,11,13-16,18H,5,10,12H2,1-3H3,(H,30,31,32,33);1H3;/q-3;-1;+1/b6-4-;;/t18-;;/m0../s1. The van der Waals surface area contributed by atoms with Gasteiger partial charge in [-0.25, -0.2) is 0 Å². The smallest absolute Gasteiger partial charge is 0.358 e. The van der Waals surface area contributed by atoms with Gasteiger partial charge in [-0.05, 0) is 0 Å². The van der Waals surface area contributed by atoms with Gasteiger partial charge in [0.05, 0.1) is 0 Å². The topological polar surface area (TPSA) is 91.5 Å². The van der Waals surface area contributed by atoms with E-state index in [1.807, 2.05) is 26.1 Å². The number of nitrogens with zero attached hydrogens (tertiary/aromatic N) is 4. The average molecular weight is 602 g/mol. The Labute approximate surface area is 242 Å². The molecule has 190 valence electrons. The van der Waals surface area contributed by atoms with Gasteiger partial charge in [0.2, 0.25) is 0 Å². The van der Waals surface area contributed by atoms with Crippen LogP contribution >= 0.6 is 0 Å². The third-order valence-electron chi connectivity index (χ3n) is 5.22. The summed E-state index contributed by atoms with van der Waals surface area (Å²) >= 11 is -0.0125. The molecule has 3 aromatic rings. The van der Waals surface area contributed by atoms with E-state index in [0.717, 1.165) is 23.1 Å². The average Bonchev–Trinajstić information content (AvgIpc) is 2.85. The third kappa shape index (κ3) is 7.90. The predicted molar refractivity (Wildman–Crippen MR) is 142 cm³/mol. The Morgan fingerprint density at radius 1 is 1.22 bits per heavy atom. The van der Waals surface area contributed by atoms with Crippen LogP contribution in [0.1, 0.15) is 38.6 Å². The Morgan fingerprint density at radius 2 is 2.05 bits per heavy atom. The molecule has 7 nitrogen and oxygen atoms in total. The van der Waals surface area contributed by atoms with Crippen molar-refractivity contribution in [3.05, 3.63) is 82.9 Å². The summed E-state index contributed by atoms with van der Waals surface area (Å²) in [5.41, 5.74) is 3.50. The third-order valence-corrected chi connectivity index (χ3v) is 7.78. The molecule has 1 atom stereocenters. The summed E-state index contributed by atoms with van der Waals surface area (Å²) in [4.78, 5) is 13.3. The summed E-state index contributed by atoms with van der Waals surface area (Å²) in [6, 6.07) is 10.2. The summed E-state index contributed by atoms with van der Waals surface area (Å²) in [6.07, 6.45) is 11.8. The fourth-order valence-electron chi connectivity index (χ4n) is 3.55. The molecule has 1 aromatic carbocycles. The molecule has 0 unspecified atom stereocenters. The summed E-state index contributed by atoms with van der Waals surface area (Å²) < 4.78 is 14.5. The Morgan fingerprint density at radius 3 is 2.81 bits per heavy atom. The predicted octanol–water partition coefficient (Wildman–Crippen LogP) is 0.0200. The molecule has 0 spiro atoms. The van der Waals surface area contributed by atoms with Crippen molar-refractivity contribution in [2.45, 2.75) is 33.3 Å². The first kappa shape index (κ1) is 30.6. The first-order chi connectivity index (χ1) is 17.1. The fraction of sp³-hybridized carbons (Fsp3) is 0.250. The van der Waals surface area contributed by atoms with E-state index in [2.05, 4.69) is 63.8 Å². The number of benzene rings is 1. The van der Waals surface area contributed by atoms with Crippen molar-refractivity contribution in [3.8, 4) is 16.9 Å². The molecule has 3 heterocycles. The number of hydrogen-bond donors (Lipinski definition) is 1. The molecule has 1 N–H and O–H groups in total. The molecule has 37 heavy (non-hydrogen) atoms. The number of nitrogens with one attached hydrogen (secondary N) is 1. The van der Waals surface area contributed by atoms with E-state index in [4.69, 9.17) is 9.47 Å². The van der Waals surface area contributed by atoms with Crippen LogP contribution in [0.3, 0.4) is 0 Å². The first-order valence-electron chi connectivity index (χ1n) is 11.5. The number of ether oxygens (including phenoxy) is 2. The van der Waals surface area contributed by atoms with Crippen LogP contribution in [0.2, 0.25) is 0 Å². The number of pyridine rings is 1. The van der Waals surface area contributed by atoms with Crippen LogP contribution < -0.4 is 50.1 Å². The molecule has 1 aliphatic rings. The van der Waals surface area contributed by atoms with Gasteiger partial charge >= 0.3 is 214 Å². The van der Waals surface area contributed by atoms with Crippen molar-refractivity contribution in [3.63, 3.8) is 0 Å². The molecular weight excluding hydrogens is 572 g/mol. The van der Waals surface area contributed by atoms with Crippen LogP contribution in [0.15, 0.2) is 48.8 Å². The monoisotopic (exact) mass is 602 g/mol. The van der Waals surface area contributed by atoms with Crippen LogP contribution in [0.4, 0.5) is 11.6 Å². The van der Waals surface area contributed by atoms with Gasteiger partial charge in [0.15, 0.2) is 0 Å². The second-order valence-electron chi connectivity index (χ2n) is 7.80. The minimum atomic E-state index is -0.121. The molecule has 0 fully saturated rings. The first-order valence-corrected chi connectivity index (χ1v) is 14.1. The molecule has 0 radical (unpaired) electrons. The second-order valence-corrected chi connectivity index (χ2v) is 11.3. The molecular formula is C28H30ILiN5O2-3. The number of aromatic nitrogens is 3. The van der Waals surface area contributed by atoms with Crippen molar-refractivity contribution < 1.29 is 49.5 Å². The van der Waals surface area contributed by atoms with Crippen LogP contribution in [0.5, 0.6) is 5.75 Å². The summed E-state index contributed by atoms with van der Waals surface area (Å²) in [7, 11) is 0. The number of anilines is 2. The van der Waals surface area contributed by atoms with Crippen LogP contribution in [-0.2, 0) is 4.74 Å². The number of allylic oxidation sites excluding steroid dienone is 2. The quantitative estimate of drug-likeness (QED) is 0.146. The number of alkyl halides is 1. The van der Waals surface area contributed by atoms with Crippen LogP contribution in [-0.4, -0.2) is 38.3 Å². The molecule has 9 heteroatoms. The summed E-state index contributed by atoms with van der Waals surface area (Å²) in [5.74, 6) is 2.14. The van der Waals surface area contributed by atoms with Gasteiger partial charge in [-0.15, -0.1) is 5.57 Å². The Kier molecular flexibility index (Phi) is 12.3. The van der Waals surface area contributed by atoms with E-state index in [0.29, 0.717) is 30.5 Å². The Hall–Kier alpha value is -2.67. The van der Waals surface area contributed by atoms with E-state index in [1.54, 1.807) is 12.3 Å². The molecule has 4 rings (SSSR count). The van der Waals surface area contributed by atoms with Crippen molar-refractivity contribution in [1.29, 1.82) is 0 Å². The molecule has 1 aliphatic heterocycles. The molecule has 0 amide bonds. The van der Waals surface area contributed by atoms with E-state index >= 15 is 0 Å². The van der Waals surface area contributed by atoms with Gasteiger partial charge < -0.3 is 24.0 Å². The van der Waals surface area contributed by atoms with Gasteiger partial charge in [0.25, 0.3) is 0 Å². The second kappa shape index (κ2) is 14.9. The zero-order chi connectivity index (χ0) is 24.6. The van der Waals surface area contributed by atoms with Crippen LogP contribution in [0.25, 0.3) is 28.2 Å². The minimum Gasteiger partial charge on any atom is -0.358 e. The molecule has 0 saturated heterocycles. The van der Waals surface area contributed by atoms with Crippen molar-refractivity contribution in [2.75, 3.05) is 16.4 Å². The zero-order valence-corrected chi connectivity index (χ0v) is 24.1. The maximum atomic E-state index is 9.57. The number of rotatable bonds is 5.